The van der Waals surface area contributed by atoms with Crippen LogP contribution >= 0.6 is 0 Å². The summed E-state index contributed by atoms with van der Waals surface area (Å²) in [6.07, 6.45) is 1.26. The lowest BCUT2D eigenvalue weighted by Gasteiger charge is -2.26. The third-order valence-electron chi connectivity index (χ3n) is 5.67. The summed E-state index contributed by atoms with van der Waals surface area (Å²) in [4.78, 5) is 47.9. The van der Waals surface area contributed by atoms with E-state index in [-0.39, 0.29) is 71.5 Å². The third kappa shape index (κ3) is 1.07. The van der Waals surface area contributed by atoms with Gasteiger partial charge < -0.3 is 0 Å². The van der Waals surface area contributed by atoms with E-state index in [0.29, 0.717) is 12.8 Å². The van der Waals surface area contributed by atoms with Crippen molar-refractivity contribution in [2.24, 2.45) is 35.5 Å². The Morgan fingerprint density at radius 1 is 0.556 bits per heavy atom. The van der Waals surface area contributed by atoms with Crippen LogP contribution < -0.4 is 0 Å². The highest BCUT2D eigenvalue weighted by atomic mass is 16.2. The van der Waals surface area contributed by atoms with Gasteiger partial charge in [-0.3, -0.25) is 19.2 Å². The van der Waals surface area contributed by atoms with Crippen LogP contribution in [0, 0.1) is 35.5 Å². The molecule has 4 unspecified atom stereocenters. The largest absolute Gasteiger partial charge is 0.299 e. The standard InChI is InChI=1S/C14H14O4/c15-9-3-10(16)6-1-5(9)13-7-2-8(14(6)13)12(18)4-11(7)17/h5-8,13-14H,1-4H2. The molecule has 4 bridgehead atoms. The molecule has 4 fully saturated rings. The average molecular weight is 246 g/mol. The summed E-state index contributed by atoms with van der Waals surface area (Å²) >= 11 is 0. The van der Waals surface area contributed by atoms with Crippen molar-refractivity contribution in [2.45, 2.75) is 25.7 Å². The highest BCUT2D eigenvalue weighted by molar-refractivity contribution is 6.09. The molecule has 0 aliphatic heterocycles. The maximum atomic E-state index is 12.0. The zero-order chi connectivity index (χ0) is 12.6. The van der Waals surface area contributed by atoms with E-state index in [0.717, 1.165) is 0 Å². The lowest BCUT2D eigenvalue weighted by molar-refractivity contribution is -0.136. The Morgan fingerprint density at radius 2 is 0.833 bits per heavy atom. The van der Waals surface area contributed by atoms with Crippen LogP contribution in [0.4, 0.5) is 0 Å². The van der Waals surface area contributed by atoms with Crippen molar-refractivity contribution >= 4 is 23.1 Å². The van der Waals surface area contributed by atoms with Crippen molar-refractivity contribution in [1.82, 2.24) is 0 Å². The van der Waals surface area contributed by atoms with Gasteiger partial charge in [-0.15, -0.1) is 0 Å². The molecule has 4 aliphatic rings. The third-order valence-corrected chi connectivity index (χ3v) is 5.67. The molecule has 0 aromatic heterocycles. The molecule has 0 spiro atoms. The van der Waals surface area contributed by atoms with Crippen molar-refractivity contribution in [1.29, 1.82) is 0 Å². The highest BCUT2D eigenvalue weighted by Crippen LogP contribution is 2.61. The minimum atomic E-state index is -0.123. The Labute approximate surface area is 104 Å². The summed E-state index contributed by atoms with van der Waals surface area (Å²) in [5.41, 5.74) is 0. The van der Waals surface area contributed by atoms with Crippen LogP contribution in [0.1, 0.15) is 25.7 Å². The molecule has 0 aromatic carbocycles. The van der Waals surface area contributed by atoms with Crippen molar-refractivity contribution in [3.8, 4) is 0 Å². The summed E-state index contributed by atoms with van der Waals surface area (Å²) in [5, 5.41) is 0. The number of rotatable bonds is 0. The Morgan fingerprint density at radius 3 is 1.11 bits per heavy atom. The maximum Gasteiger partial charge on any atom is 0.143 e. The second-order valence-corrected chi connectivity index (χ2v) is 6.27. The van der Waals surface area contributed by atoms with Crippen molar-refractivity contribution in [3.63, 3.8) is 0 Å². The Bertz CT molecular complexity index is 420. The zero-order valence-corrected chi connectivity index (χ0v) is 9.93. The molecule has 0 radical (unpaired) electrons. The summed E-state index contributed by atoms with van der Waals surface area (Å²) < 4.78 is 0. The summed E-state index contributed by atoms with van der Waals surface area (Å²) in [6.45, 7) is 0. The van der Waals surface area contributed by atoms with Crippen LogP contribution in [0.2, 0.25) is 0 Å². The smallest absolute Gasteiger partial charge is 0.143 e. The van der Waals surface area contributed by atoms with Gasteiger partial charge in [0.25, 0.3) is 0 Å². The predicted octanol–water partition coefficient (Wildman–Crippen LogP) is 0.575. The van der Waals surface area contributed by atoms with E-state index in [9.17, 15) is 19.2 Å². The number of carbonyl (C=O) groups excluding carboxylic acids is 4. The normalized spacial score (nSPS) is 49.8. The van der Waals surface area contributed by atoms with E-state index in [1.807, 2.05) is 0 Å². The fourth-order valence-electron chi connectivity index (χ4n) is 5.06. The molecule has 4 rings (SSSR count). The van der Waals surface area contributed by atoms with Gasteiger partial charge in [0.15, 0.2) is 0 Å². The number of Topliss-reactive ketones (excluding diaryl/α,β-unsaturated/α-hetero) is 4. The van der Waals surface area contributed by atoms with E-state index in [4.69, 9.17) is 0 Å². The molecule has 4 saturated carbocycles. The topological polar surface area (TPSA) is 68.3 Å². The molecular weight excluding hydrogens is 232 g/mol. The highest BCUT2D eigenvalue weighted by Gasteiger charge is 2.64. The fraction of sp³-hybridized carbons (Fsp3) is 0.714. The van der Waals surface area contributed by atoms with Gasteiger partial charge in [0.1, 0.15) is 23.1 Å². The molecule has 0 N–H and O–H groups in total. The van der Waals surface area contributed by atoms with Gasteiger partial charge in [0.05, 0.1) is 12.8 Å². The molecule has 4 heteroatoms. The summed E-state index contributed by atoms with van der Waals surface area (Å²) in [7, 11) is 0. The molecule has 4 atom stereocenters. The minimum Gasteiger partial charge on any atom is -0.299 e. The quantitative estimate of drug-likeness (QED) is 0.463. The molecule has 0 saturated heterocycles. The molecule has 94 valence electrons. The molecule has 4 aliphatic carbocycles. The number of ketones is 4. The van der Waals surface area contributed by atoms with Crippen LogP contribution in [0.5, 0.6) is 0 Å². The van der Waals surface area contributed by atoms with Gasteiger partial charge in [0, 0.05) is 23.7 Å². The number of carbonyl (C=O) groups is 4. The summed E-state index contributed by atoms with van der Waals surface area (Å²) in [6, 6.07) is 0. The first-order chi connectivity index (χ1) is 8.58. The van der Waals surface area contributed by atoms with Crippen LogP contribution in [0.25, 0.3) is 0 Å². The Kier molecular flexibility index (Phi) is 1.86. The van der Waals surface area contributed by atoms with Crippen LogP contribution in [0.15, 0.2) is 0 Å². The van der Waals surface area contributed by atoms with Crippen LogP contribution in [0.3, 0.4) is 0 Å². The first-order valence-corrected chi connectivity index (χ1v) is 6.69. The molecule has 4 nitrogen and oxygen atoms in total. The predicted molar refractivity (Wildman–Crippen MR) is 59.4 cm³/mol. The fourth-order valence-corrected chi connectivity index (χ4v) is 5.06. The van der Waals surface area contributed by atoms with Gasteiger partial charge in [0.2, 0.25) is 0 Å². The van der Waals surface area contributed by atoms with Crippen molar-refractivity contribution in [2.75, 3.05) is 0 Å². The lowest BCUT2D eigenvalue weighted by Crippen LogP contribution is -2.35. The van der Waals surface area contributed by atoms with Gasteiger partial charge in [-0.25, -0.2) is 0 Å². The summed E-state index contributed by atoms with van der Waals surface area (Å²) in [5.74, 6) is -0.452. The second-order valence-electron chi connectivity index (χ2n) is 6.27. The van der Waals surface area contributed by atoms with Crippen LogP contribution in [-0.2, 0) is 19.2 Å². The first kappa shape index (κ1) is 10.6. The van der Waals surface area contributed by atoms with E-state index >= 15 is 0 Å². The van der Waals surface area contributed by atoms with E-state index in [1.165, 1.54) is 0 Å². The number of fused-ring (bicyclic) bond motifs is 9. The monoisotopic (exact) mass is 246 g/mol. The number of hydrogen-bond acceptors (Lipinski definition) is 4. The zero-order valence-electron chi connectivity index (χ0n) is 9.93. The van der Waals surface area contributed by atoms with E-state index < -0.39 is 0 Å². The molecular formula is C14H14O4. The Hall–Kier alpha value is -1.32. The molecule has 0 amide bonds. The van der Waals surface area contributed by atoms with E-state index in [1.54, 1.807) is 0 Å². The molecule has 0 aromatic rings. The average Bonchev–Trinajstić information content (AvgIpc) is 2.79. The minimum absolute atomic E-state index is 0.00194. The second kappa shape index (κ2) is 3.16. The van der Waals surface area contributed by atoms with E-state index in [2.05, 4.69) is 0 Å². The van der Waals surface area contributed by atoms with Gasteiger partial charge in [-0.1, -0.05) is 0 Å². The van der Waals surface area contributed by atoms with Crippen molar-refractivity contribution in [3.05, 3.63) is 0 Å². The van der Waals surface area contributed by atoms with Gasteiger partial charge in [-0.05, 0) is 24.7 Å². The van der Waals surface area contributed by atoms with Gasteiger partial charge in [-0.2, -0.15) is 0 Å². The first-order valence-electron chi connectivity index (χ1n) is 6.69. The SMILES string of the molecule is O=C1CC(=O)C2CC1C1C3CC(C(=O)CC3=O)C21. The number of hydrogen-bond donors (Lipinski definition) is 0. The maximum absolute atomic E-state index is 12.0. The van der Waals surface area contributed by atoms with Gasteiger partial charge >= 0.3 is 0 Å². The van der Waals surface area contributed by atoms with Crippen molar-refractivity contribution < 1.29 is 19.2 Å². The lowest BCUT2D eigenvalue weighted by atomic mass is 9.75. The molecule has 18 heavy (non-hydrogen) atoms. The Balaban J connectivity index is 1.83. The molecule has 0 heterocycles. The van der Waals surface area contributed by atoms with Crippen LogP contribution in [-0.4, -0.2) is 23.1 Å².